The number of pyridine rings is 1. The van der Waals surface area contributed by atoms with E-state index in [2.05, 4.69) is 10.3 Å². The van der Waals surface area contributed by atoms with Gasteiger partial charge in [-0.2, -0.15) is 13.2 Å². The van der Waals surface area contributed by atoms with Crippen LogP contribution in [-0.2, 0) is 16.4 Å². The van der Waals surface area contributed by atoms with Crippen molar-refractivity contribution in [3.63, 3.8) is 0 Å². The second kappa shape index (κ2) is 5.05. The lowest BCUT2D eigenvalue weighted by atomic mass is 9.69. The van der Waals surface area contributed by atoms with Crippen molar-refractivity contribution in [2.45, 2.75) is 18.0 Å². The van der Waals surface area contributed by atoms with E-state index in [0.717, 1.165) is 12.1 Å². The van der Waals surface area contributed by atoms with Crippen molar-refractivity contribution in [3.8, 4) is 5.75 Å². The molecule has 0 saturated heterocycles. The van der Waals surface area contributed by atoms with Crippen LogP contribution in [0, 0.1) is 0 Å². The molecule has 0 radical (unpaired) electrons. The SMILES string of the molecule is O=C1NC(=O)C2(CCOc3ccccc32)c2nc(C(F)(F)F)ccc21. The monoisotopic (exact) mass is 348 g/mol. The molecule has 1 N–H and O–H groups in total. The number of para-hydroxylation sites is 1. The number of carbonyl (C=O) groups excluding carboxylic acids is 2. The molecule has 2 aliphatic heterocycles. The Morgan fingerprint density at radius 3 is 2.64 bits per heavy atom. The van der Waals surface area contributed by atoms with E-state index in [1.165, 1.54) is 0 Å². The van der Waals surface area contributed by atoms with E-state index in [1.807, 2.05) is 0 Å². The number of alkyl halides is 3. The van der Waals surface area contributed by atoms with Crippen LogP contribution in [0.5, 0.6) is 5.75 Å². The first-order chi connectivity index (χ1) is 11.8. The summed E-state index contributed by atoms with van der Waals surface area (Å²) in [7, 11) is 0. The van der Waals surface area contributed by atoms with E-state index in [-0.39, 0.29) is 24.3 Å². The number of benzene rings is 1. The lowest BCUT2D eigenvalue weighted by Gasteiger charge is -2.40. The molecule has 2 aromatic rings. The minimum absolute atomic E-state index is 0.0377. The molecular formula is C17H11F3N2O3. The molecule has 5 nitrogen and oxygen atoms in total. The minimum atomic E-state index is -4.68. The second-order valence-corrected chi connectivity index (χ2v) is 5.87. The Labute approximate surface area is 139 Å². The number of amides is 2. The van der Waals surface area contributed by atoms with Gasteiger partial charge in [0.1, 0.15) is 16.9 Å². The number of carbonyl (C=O) groups is 2. The summed E-state index contributed by atoms with van der Waals surface area (Å²) in [6.45, 7) is 0.121. The Bertz CT molecular complexity index is 910. The van der Waals surface area contributed by atoms with Crippen molar-refractivity contribution >= 4 is 11.8 Å². The minimum Gasteiger partial charge on any atom is -0.493 e. The topological polar surface area (TPSA) is 68.3 Å². The third-order valence-electron chi connectivity index (χ3n) is 4.53. The van der Waals surface area contributed by atoms with Crippen LogP contribution in [0.3, 0.4) is 0 Å². The highest BCUT2D eigenvalue weighted by molar-refractivity contribution is 6.14. The van der Waals surface area contributed by atoms with Gasteiger partial charge in [0.25, 0.3) is 5.91 Å². The third-order valence-corrected chi connectivity index (χ3v) is 4.53. The fourth-order valence-electron chi connectivity index (χ4n) is 3.39. The van der Waals surface area contributed by atoms with Gasteiger partial charge in [0.15, 0.2) is 0 Å². The molecule has 2 amide bonds. The van der Waals surface area contributed by atoms with Crippen molar-refractivity contribution in [1.82, 2.24) is 10.3 Å². The number of hydrogen-bond acceptors (Lipinski definition) is 4. The zero-order valence-corrected chi connectivity index (χ0v) is 12.7. The van der Waals surface area contributed by atoms with Crippen molar-refractivity contribution in [2.75, 3.05) is 6.61 Å². The normalized spacial score (nSPS) is 22.0. The molecule has 8 heteroatoms. The molecule has 1 aromatic carbocycles. The molecule has 0 bridgehead atoms. The maximum atomic E-state index is 13.1. The number of imide groups is 1. The Morgan fingerprint density at radius 2 is 1.88 bits per heavy atom. The average molecular weight is 348 g/mol. The van der Waals surface area contributed by atoms with Gasteiger partial charge in [0.2, 0.25) is 5.91 Å². The number of ether oxygens (including phenoxy) is 1. The zero-order chi connectivity index (χ0) is 17.8. The molecule has 3 heterocycles. The number of nitrogens with one attached hydrogen (secondary N) is 1. The Morgan fingerprint density at radius 1 is 1.12 bits per heavy atom. The number of rotatable bonds is 0. The van der Waals surface area contributed by atoms with Gasteiger partial charge >= 0.3 is 6.18 Å². The van der Waals surface area contributed by atoms with Crippen molar-refractivity contribution in [3.05, 3.63) is 58.9 Å². The van der Waals surface area contributed by atoms with Gasteiger partial charge < -0.3 is 4.74 Å². The van der Waals surface area contributed by atoms with Gasteiger partial charge in [-0.05, 0) is 18.2 Å². The lowest BCUT2D eigenvalue weighted by Crippen LogP contribution is -2.55. The molecule has 1 unspecified atom stereocenters. The molecule has 0 fully saturated rings. The molecular weight excluding hydrogens is 337 g/mol. The summed E-state index contributed by atoms with van der Waals surface area (Å²) >= 11 is 0. The maximum Gasteiger partial charge on any atom is 0.433 e. The van der Waals surface area contributed by atoms with Crippen LogP contribution >= 0.6 is 0 Å². The predicted molar refractivity (Wildman–Crippen MR) is 79.0 cm³/mol. The molecule has 1 aromatic heterocycles. The van der Waals surface area contributed by atoms with Crippen LogP contribution in [0.1, 0.15) is 33.7 Å². The van der Waals surface area contributed by atoms with Gasteiger partial charge in [-0.1, -0.05) is 18.2 Å². The summed E-state index contributed by atoms with van der Waals surface area (Å²) < 4.78 is 44.9. The number of fused-ring (bicyclic) bond motifs is 4. The van der Waals surface area contributed by atoms with Crippen LogP contribution in [0.4, 0.5) is 13.2 Å². The number of aromatic nitrogens is 1. The summed E-state index contributed by atoms with van der Waals surface area (Å²) in [5, 5.41) is 2.24. The molecule has 0 aliphatic carbocycles. The van der Waals surface area contributed by atoms with Crippen LogP contribution < -0.4 is 10.1 Å². The molecule has 128 valence electrons. The van der Waals surface area contributed by atoms with Crippen LogP contribution in [0.15, 0.2) is 36.4 Å². The van der Waals surface area contributed by atoms with E-state index in [1.54, 1.807) is 24.3 Å². The van der Waals surface area contributed by atoms with Gasteiger partial charge in [-0.25, -0.2) is 4.98 Å². The standard InChI is InChI=1S/C17H11F3N2O3/c18-17(19,20)12-6-5-9-13(21-12)16(15(24)22-14(9)23)7-8-25-11-4-2-1-3-10(11)16/h1-6H,7-8H2,(H,22,23,24). The first kappa shape index (κ1) is 15.6. The highest BCUT2D eigenvalue weighted by Gasteiger charge is 2.53. The number of halogens is 3. The highest BCUT2D eigenvalue weighted by atomic mass is 19.4. The van der Waals surface area contributed by atoms with E-state index in [4.69, 9.17) is 4.74 Å². The number of hydrogen-bond donors (Lipinski definition) is 1. The Balaban J connectivity index is 2.05. The highest BCUT2D eigenvalue weighted by Crippen LogP contribution is 2.46. The van der Waals surface area contributed by atoms with E-state index < -0.39 is 29.1 Å². The maximum absolute atomic E-state index is 13.1. The van der Waals surface area contributed by atoms with Gasteiger partial charge in [0, 0.05) is 12.0 Å². The third kappa shape index (κ3) is 2.13. The summed E-state index contributed by atoms with van der Waals surface area (Å²) in [4.78, 5) is 28.6. The molecule has 1 atom stereocenters. The molecule has 1 spiro atoms. The van der Waals surface area contributed by atoms with E-state index >= 15 is 0 Å². The van der Waals surface area contributed by atoms with Crippen molar-refractivity contribution in [2.24, 2.45) is 0 Å². The van der Waals surface area contributed by atoms with Crippen LogP contribution in [0.25, 0.3) is 0 Å². The number of nitrogens with zero attached hydrogens (tertiary/aromatic N) is 1. The summed E-state index contributed by atoms with van der Waals surface area (Å²) in [6, 6.07) is 8.40. The van der Waals surface area contributed by atoms with E-state index in [9.17, 15) is 22.8 Å². The largest absolute Gasteiger partial charge is 0.493 e. The van der Waals surface area contributed by atoms with Gasteiger partial charge in [0.05, 0.1) is 17.9 Å². The Kier molecular flexibility index (Phi) is 3.15. The molecule has 4 rings (SSSR count). The van der Waals surface area contributed by atoms with Gasteiger partial charge in [-0.15, -0.1) is 0 Å². The summed E-state index contributed by atoms with van der Waals surface area (Å²) in [5.74, 6) is -1.05. The average Bonchev–Trinajstić information content (AvgIpc) is 2.59. The fourth-order valence-corrected chi connectivity index (χ4v) is 3.39. The summed E-state index contributed by atoms with van der Waals surface area (Å²) in [5.41, 5.74) is -2.44. The fraction of sp³-hybridized carbons (Fsp3) is 0.235. The first-order valence-electron chi connectivity index (χ1n) is 7.51. The first-order valence-corrected chi connectivity index (χ1v) is 7.51. The molecule has 0 saturated carbocycles. The second-order valence-electron chi connectivity index (χ2n) is 5.87. The Hall–Kier alpha value is -2.90. The lowest BCUT2D eigenvalue weighted by molar-refractivity contribution is -0.141. The predicted octanol–water partition coefficient (Wildman–Crippen LogP) is 2.44. The zero-order valence-electron chi connectivity index (χ0n) is 12.7. The van der Waals surface area contributed by atoms with Crippen LogP contribution in [-0.4, -0.2) is 23.4 Å². The smallest absolute Gasteiger partial charge is 0.433 e. The molecule has 25 heavy (non-hydrogen) atoms. The van der Waals surface area contributed by atoms with Gasteiger partial charge in [-0.3, -0.25) is 14.9 Å². The van der Waals surface area contributed by atoms with Crippen molar-refractivity contribution in [1.29, 1.82) is 0 Å². The van der Waals surface area contributed by atoms with E-state index in [0.29, 0.717) is 11.3 Å². The quantitative estimate of drug-likeness (QED) is 0.743. The molecule has 2 aliphatic rings. The van der Waals surface area contributed by atoms with Crippen molar-refractivity contribution < 1.29 is 27.5 Å². The summed E-state index contributed by atoms with van der Waals surface area (Å²) in [6.07, 6.45) is -4.59. The van der Waals surface area contributed by atoms with Crippen LogP contribution in [0.2, 0.25) is 0 Å².